The van der Waals surface area contributed by atoms with E-state index in [-0.39, 0.29) is 5.91 Å². The van der Waals surface area contributed by atoms with Crippen molar-refractivity contribution in [2.75, 3.05) is 31.1 Å². The van der Waals surface area contributed by atoms with Gasteiger partial charge in [0.25, 0.3) is 5.91 Å². The molecule has 1 saturated heterocycles. The fraction of sp³-hybridized carbons (Fsp3) is 0.300. The van der Waals surface area contributed by atoms with Crippen LogP contribution >= 0.6 is 0 Å². The SMILES string of the molecule is Cc1cccn2c(CC(=O)N3CCN(c4ncccc4C(N)=O)CC3)cnc12. The number of imidazole rings is 1. The van der Waals surface area contributed by atoms with Crippen LogP contribution in [0.25, 0.3) is 5.65 Å². The summed E-state index contributed by atoms with van der Waals surface area (Å²) in [7, 11) is 0. The van der Waals surface area contributed by atoms with Crippen LogP contribution in [0.1, 0.15) is 21.6 Å². The Morgan fingerprint density at radius 3 is 2.64 bits per heavy atom. The second-order valence-electron chi connectivity index (χ2n) is 6.92. The highest BCUT2D eigenvalue weighted by molar-refractivity contribution is 5.97. The molecule has 1 fully saturated rings. The number of hydrogen-bond donors (Lipinski definition) is 1. The molecule has 1 aliphatic rings. The molecule has 4 heterocycles. The molecule has 0 aliphatic carbocycles. The number of anilines is 1. The maximum absolute atomic E-state index is 12.8. The van der Waals surface area contributed by atoms with E-state index >= 15 is 0 Å². The maximum Gasteiger partial charge on any atom is 0.252 e. The van der Waals surface area contributed by atoms with Gasteiger partial charge in [0.1, 0.15) is 11.5 Å². The van der Waals surface area contributed by atoms with E-state index < -0.39 is 5.91 Å². The lowest BCUT2D eigenvalue weighted by Crippen LogP contribution is -2.50. The Bertz CT molecular complexity index is 1040. The number of pyridine rings is 2. The second-order valence-corrected chi connectivity index (χ2v) is 6.92. The largest absolute Gasteiger partial charge is 0.365 e. The number of aryl methyl sites for hydroxylation is 1. The first kappa shape index (κ1) is 18.0. The molecule has 1 aliphatic heterocycles. The summed E-state index contributed by atoms with van der Waals surface area (Å²) < 4.78 is 1.97. The zero-order valence-corrected chi connectivity index (χ0v) is 15.7. The predicted octanol–water partition coefficient (Wildman–Crippen LogP) is 1.03. The van der Waals surface area contributed by atoms with Gasteiger partial charge in [-0.15, -0.1) is 0 Å². The molecule has 28 heavy (non-hydrogen) atoms. The van der Waals surface area contributed by atoms with Crippen molar-refractivity contribution in [3.05, 3.63) is 59.7 Å². The summed E-state index contributed by atoms with van der Waals surface area (Å²) in [6.07, 6.45) is 5.65. The lowest BCUT2D eigenvalue weighted by Gasteiger charge is -2.36. The van der Waals surface area contributed by atoms with Gasteiger partial charge in [0.05, 0.1) is 17.7 Å². The van der Waals surface area contributed by atoms with Crippen molar-refractivity contribution >= 4 is 23.3 Å². The highest BCUT2D eigenvalue weighted by Crippen LogP contribution is 2.19. The van der Waals surface area contributed by atoms with Gasteiger partial charge in [-0.1, -0.05) is 6.07 Å². The highest BCUT2D eigenvalue weighted by atomic mass is 16.2. The van der Waals surface area contributed by atoms with Crippen LogP contribution in [-0.2, 0) is 11.2 Å². The molecule has 0 saturated carbocycles. The minimum Gasteiger partial charge on any atom is -0.365 e. The lowest BCUT2D eigenvalue weighted by atomic mass is 10.2. The van der Waals surface area contributed by atoms with Crippen molar-refractivity contribution < 1.29 is 9.59 Å². The number of aromatic nitrogens is 3. The third-order valence-electron chi connectivity index (χ3n) is 5.12. The van der Waals surface area contributed by atoms with Gasteiger partial charge in [-0.2, -0.15) is 0 Å². The molecule has 0 radical (unpaired) electrons. The van der Waals surface area contributed by atoms with Crippen molar-refractivity contribution in [2.24, 2.45) is 5.73 Å². The number of hydrogen-bond acceptors (Lipinski definition) is 5. The molecule has 4 rings (SSSR count). The molecule has 144 valence electrons. The van der Waals surface area contributed by atoms with Crippen molar-refractivity contribution in [3.63, 3.8) is 0 Å². The topological polar surface area (TPSA) is 96.8 Å². The lowest BCUT2D eigenvalue weighted by molar-refractivity contribution is -0.130. The molecule has 8 heteroatoms. The maximum atomic E-state index is 12.8. The third kappa shape index (κ3) is 3.28. The van der Waals surface area contributed by atoms with Crippen LogP contribution in [0, 0.1) is 6.92 Å². The van der Waals surface area contributed by atoms with Crippen molar-refractivity contribution in [1.82, 2.24) is 19.3 Å². The van der Waals surface area contributed by atoms with E-state index in [1.165, 1.54) is 0 Å². The van der Waals surface area contributed by atoms with Gasteiger partial charge in [0.2, 0.25) is 5.91 Å². The third-order valence-corrected chi connectivity index (χ3v) is 5.12. The number of amides is 2. The minimum absolute atomic E-state index is 0.0686. The first-order valence-electron chi connectivity index (χ1n) is 9.23. The number of piperazine rings is 1. The Labute approximate surface area is 162 Å². The molecule has 0 spiro atoms. The molecular weight excluding hydrogens is 356 g/mol. The van der Waals surface area contributed by atoms with E-state index in [0.29, 0.717) is 44.0 Å². The number of fused-ring (bicyclic) bond motifs is 1. The quantitative estimate of drug-likeness (QED) is 0.731. The summed E-state index contributed by atoms with van der Waals surface area (Å²) in [5.74, 6) is 0.156. The van der Waals surface area contributed by atoms with Gasteiger partial charge >= 0.3 is 0 Å². The van der Waals surface area contributed by atoms with Crippen LogP contribution < -0.4 is 10.6 Å². The van der Waals surface area contributed by atoms with Crippen molar-refractivity contribution in [1.29, 1.82) is 0 Å². The summed E-state index contributed by atoms with van der Waals surface area (Å²) in [4.78, 5) is 37.0. The van der Waals surface area contributed by atoms with Gasteiger partial charge in [-0.3, -0.25) is 9.59 Å². The normalized spacial score (nSPS) is 14.5. The van der Waals surface area contributed by atoms with Crippen LogP contribution in [0.15, 0.2) is 42.9 Å². The van der Waals surface area contributed by atoms with Crippen LogP contribution in [0.4, 0.5) is 5.82 Å². The Hall–Kier alpha value is -3.42. The molecule has 0 unspecified atom stereocenters. The second kappa shape index (κ2) is 7.30. The molecule has 0 bridgehead atoms. The summed E-state index contributed by atoms with van der Waals surface area (Å²) in [5.41, 5.74) is 8.70. The summed E-state index contributed by atoms with van der Waals surface area (Å²) in [5, 5.41) is 0. The average Bonchev–Trinajstić information content (AvgIpc) is 3.12. The number of carbonyl (C=O) groups excluding carboxylic acids is 2. The Balaban J connectivity index is 1.43. The number of nitrogens with zero attached hydrogens (tertiary/aromatic N) is 5. The molecule has 2 N–H and O–H groups in total. The summed E-state index contributed by atoms with van der Waals surface area (Å²) in [6.45, 7) is 4.36. The fourth-order valence-electron chi connectivity index (χ4n) is 3.61. The fourth-order valence-corrected chi connectivity index (χ4v) is 3.61. The summed E-state index contributed by atoms with van der Waals surface area (Å²) >= 11 is 0. The van der Waals surface area contributed by atoms with Gasteiger partial charge < -0.3 is 19.9 Å². The van der Waals surface area contributed by atoms with Crippen LogP contribution in [0.2, 0.25) is 0 Å². The Kier molecular flexibility index (Phi) is 4.68. The van der Waals surface area contributed by atoms with E-state index in [0.717, 1.165) is 16.9 Å². The van der Waals surface area contributed by atoms with Crippen LogP contribution in [0.5, 0.6) is 0 Å². The first-order chi connectivity index (χ1) is 13.5. The van der Waals surface area contributed by atoms with E-state index in [4.69, 9.17) is 5.73 Å². The average molecular weight is 378 g/mol. The Morgan fingerprint density at radius 1 is 1.11 bits per heavy atom. The van der Waals surface area contributed by atoms with Gasteiger partial charge in [0, 0.05) is 44.8 Å². The zero-order chi connectivity index (χ0) is 19.7. The highest BCUT2D eigenvalue weighted by Gasteiger charge is 2.25. The molecule has 0 atom stereocenters. The van der Waals surface area contributed by atoms with Crippen LogP contribution in [0.3, 0.4) is 0 Å². The molecular formula is C20H22N6O2. The van der Waals surface area contributed by atoms with Gasteiger partial charge in [0.15, 0.2) is 0 Å². The number of carbonyl (C=O) groups is 2. The standard InChI is InChI=1S/C20H22N6O2/c1-14-4-3-7-26-15(13-23-19(14)26)12-17(27)24-8-10-25(11-9-24)20-16(18(21)28)5-2-6-22-20/h2-7,13H,8-12H2,1H3,(H2,21,28). The monoisotopic (exact) mass is 378 g/mol. The van der Waals surface area contributed by atoms with E-state index in [2.05, 4.69) is 9.97 Å². The van der Waals surface area contributed by atoms with E-state index in [1.54, 1.807) is 24.5 Å². The summed E-state index contributed by atoms with van der Waals surface area (Å²) in [6, 6.07) is 7.33. The molecule has 2 amide bonds. The number of nitrogens with two attached hydrogens (primary N) is 1. The van der Waals surface area contributed by atoms with Crippen LogP contribution in [-0.4, -0.2) is 57.3 Å². The minimum atomic E-state index is -0.496. The zero-order valence-electron chi connectivity index (χ0n) is 15.7. The van der Waals surface area contributed by atoms with Gasteiger partial charge in [-0.25, -0.2) is 9.97 Å². The van der Waals surface area contributed by atoms with E-state index in [1.807, 2.05) is 39.5 Å². The van der Waals surface area contributed by atoms with Crippen molar-refractivity contribution in [2.45, 2.75) is 13.3 Å². The first-order valence-corrected chi connectivity index (χ1v) is 9.23. The number of rotatable bonds is 4. The van der Waals surface area contributed by atoms with Gasteiger partial charge in [-0.05, 0) is 30.7 Å². The predicted molar refractivity (Wildman–Crippen MR) is 105 cm³/mol. The molecule has 3 aromatic heterocycles. The Morgan fingerprint density at radius 2 is 1.89 bits per heavy atom. The molecule has 3 aromatic rings. The number of primary amides is 1. The molecule has 8 nitrogen and oxygen atoms in total. The smallest absolute Gasteiger partial charge is 0.252 e. The van der Waals surface area contributed by atoms with E-state index in [9.17, 15) is 9.59 Å². The van der Waals surface area contributed by atoms with Crippen molar-refractivity contribution in [3.8, 4) is 0 Å². The molecule has 0 aromatic carbocycles.